The van der Waals surface area contributed by atoms with Crippen molar-refractivity contribution in [3.8, 4) is 0 Å². The Morgan fingerprint density at radius 2 is 2.00 bits per heavy atom. The van der Waals surface area contributed by atoms with E-state index in [1.165, 1.54) is 0 Å². The molecule has 1 aromatic carbocycles. The van der Waals surface area contributed by atoms with Crippen molar-refractivity contribution in [2.45, 2.75) is 19.0 Å². The Bertz CT molecular complexity index is 447. The highest BCUT2D eigenvalue weighted by molar-refractivity contribution is 6.34. The third-order valence-electron chi connectivity index (χ3n) is 3.22. The Morgan fingerprint density at radius 1 is 1.32 bits per heavy atom. The minimum absolute atomic E-state index is 0.0760. The summed E-state index contributed by atoms with van der Waals surface area (Å²) in [5, 5.41) is 4.32. The number of benzene rings is 1. The molecule has 0 saturated carbocycles. The van der Waals surface area contributed by atoms with E-state index < -0.39 is 0 Å². The quantitative estimate of drug-likeness (QED) is 0.892. The first-order valence-electron chi connectivity index (χ1n) is 6.24. The van der Waals surface area contributed by atoms with Crippen molar-refractivity contribution in [2.24, 2.45) is 5.73 Å². The summed E-state index contributed by atoms with van der Waals surface area (Å²) in [5.41, 5.74) is 6.57. The van der Waals surface area contributed by atoms with E-state index in [1.807, 2.05) is 17.0 Å². The lowest BCUT2D eigenvalue weighted by molar-refractivity contribution is -0.130. The molecule has 1 aliphatic heterocycles. The zero-order valence-electron chi connectivity index (χ0n) is 10.5. The number of rotatable bonds is 3. The van der Waals surface area contributed by atoms with Crippen LogP contribution in [0, 0.1) is 0 Å². The zero-order chi connectivity index (χ0) is 13.8. The van der Waals surface area contributed by atoms with Crippen molar-refractivity contribution < 1.29 is 4.79 Å². The number of nitrogens with two attached hydrogens (primary N) is 1. The maximum Gasteiger partial charge on any atom is 0.236 e. The van der Waals surface area contributed by atoms with E-state index in [1.54, 1.807) is 6.07 Å². The molecule has 1 aromatic rings. The van der Waals surface area contributed by atoms with Crippen LogP contribution in [0.4, 0.5) is 0 Å². The molecule has 1 aliphatic rings. The van der Waals surface area contributed by atoms with Gasteiger partial charge in [0.05, 0.1) is 6.54 Å². The first-order chi connectivity index (χ1) is 9.08. The predicted octanol–water partition coefficient (Wildman–Crippen LogP) is 1.64. The fourth-order valence-corrected chi connectivity index (χ4v) is 2.74. The molecule has 0 radical (unpaired) electrons. The minimum Gasteiger partial charge on any atom is -0.337 e. The smallest absolute Gasteiger partial charge is 0.236 e. The maximum atomic E-state index is 12.0. The molecule has 0 bridgehead atoms. The van der Waals surface area contributed by atoms with Crippen LogP contribution in [0.15, 0.2) is 18.2 Å². The average Bonchev–Trinajstić information content (AvgIpc) is 2.51. The Hall–Kier alpha value is -0.810. The van der Waals surface area contributed by atoms with E-state index >= 15 is 0 Å². The number of hydrogen-bond acceptors (Lipinski definition) is 3. The largest absolute Gasteiger partial charge is 0.337 e. The average molecular weight is 302 g/mol. The molecule has 3 N–H and O–H groups in total. The molecule has 1 fully saturated rings. The van der Waals surface area contributed by atoms with Crippen molar-refractivity contribution >= 4 is 29.1 Å². The summed E-state index contributed by atoms with van der Waals surface area (Å²) in [6.45, 7) is 2.09. The van der Waals surface area contributed by atoms with Crippen molar-refractivity contribution in [3.63, 3.8) is 0 Å². The van der Waals surface area contributed by atoms with Gasteiger partial charge in [-0.05, 0) is 30.2 Å². The molecule has 1 saturated heterocycles. The van der Waals surface area contributed by atoms with Crippen LogP contribution < -0.4 is 11.1 Å². The summed E-state index contributed by atoms with van der Waals surface area (Å²) in [6.07, 6.45) is 0.858. The fraction of sp³-hybridized carbons (Fsp3) is 0.462. The van der Waals surface area contributed by atoms with Crippen LogP contribution in [0.25, 0.3) is 0 Å². The van der Waals surface area contributed by atoms with Gasteiger partial charge in [0.1, 0.15) is 0 Å². The fourth-order valence-electron chi connectivity index (χ4n) is 2.17. The topological polar surface area (TPSA) is 58.4 Å². The van der Waals surface area contributed by atoms with Gasteiger partial charge in [0.15, 0.2) is 0 Å². The molecule has 104 valence electrons. The molecule has 0 spiro atoms. The first-order valence-corrected chi connectivity index (χ1v) is 7.00. The predicted molar refractivity (Wildman–Crippen MR) is 77.3 cm³/mol. The second kappa shape index (κ2) is 6.57. The van der Waals surface area contributed by atoms with Crippen LogP contribution in [0.3, 0.4) is 0 Å². The SMILES string of the molecule is NC[C@@H]1CCN(Cc2cc(Cl)cc(Cl)c2)C(=O)CN1. The third-order valence-corrected chi connectivity index (χ3v) is 3.66. The molecule has 19 heavy (non-hydrogen) atoms. The van der Waals surface area contributed by atoms with Crippen molar-refractivity contribution in [3.05, 3.63) is 33.8 Å². The van der Waals surface area contributed by atoms with E-state index in [-0.39, 0.29) is 11.9 Å². The summed E-state index contributed by atoms with van der Waals surface area (Å²) >= 11 is 11.9. The highest BCUT2D eigenvalue weighted by atomic mass is 35.5. The number of carbonyl (C=O) groups excluding carboxylic acids is 1. The highest BCUT2D eigenvalue weighted by Crippen LogP contribution is 2.20. The van der Waals surface area contributed by atoms with Crippen LogP contribution in [-0.2, 0) is 11.3 Å². The summed E-state index contributed by atoms with van der Waals surface area (Å²) < 4.78 is 0. The Labute approximate surface area is 122 Å². The summed E-state index contributed by atoms with van der Waals surface area (Å²) in [5.74, 6) is 0.0760. The molecule has 6 heteroatoms. The molecule has 1 amide bonds. The van der Waals surface area contributed by atoms with Gasteiger partial charge in [-0.15, -0.1) is 0 Å². The van der Waals surface area contributed by atoms with Gasteiger partial charge in [-0.2, -0.15) is 0 Å². The van der Waals surface area contributed by atoms with Crippen LogP contribution >= 0.6 is 23.2 Å². The second-order valence-corrected chi connectivity index (χ2v) is 5.57. The number of halogens is 2. The number of amides is 1. The van der Waals surface area contributed by atoms with Gasteiger partial charge < -0.3 is 16.0 Å². The van der Waals surface area contributed by atoms with Crippen LogP contribution in [0.1, 0.15) is 12.0 Å². The summed E-state index contributed by atoms with van der Waals surface area (Å²) in [7, 11) is 0. The minimum atomic E-state index is 0.0760. The van der Waals surface area contributed by atoms with Gasteiger partial charge in [0.25, 0.3) is 0 Å². The number of nitrogens with zero attached hydrogens (tertiary/aromatic N) is 1. The van der Waals surface area contributed by atoms with Gasteiger partial charge in [0.2, 0.25) is 5.91 Å². The molecular formula is C13H17Cl2N3O. The molecule has 0 unspecified atom stereocenters. The van der Waals surface area contributed by atoms with Gasteiger partial charge in [-0.1, -0.05) is 23.2 Å². The Balaban J connectivity index is 2.06. The van der Waals surface area contributed by atoms with Crippen molar-refractivity contribution in [1.29, 1.82) is 0 Å². The van der Waals surface area contributed by atoms with Crippen LogP contribution in [0.5, 0.6) is 0 Å². The van der Waals surface area contributed by atoms with Crippen LogP contribution in [-0.4, -0.2) is 36.5 Å². The Morgan fingerprint density at radius 3 is 2.63 bits per heavy atom. The molecule has 0 aliphatic carbocycles. The second-order valence-electron chi connectivity index (χ2n) is 4.70. The lowest BCUT2D eigenvalue weighted by Gasteiger charge is -2.20. The molecule has 2 rings (SSSR count). The molecule has 4 nitrogen and oxygen atoms in total. The summed E-state index contributed by atoms with van der Waals surface area (Å²) in [6, 6.07) is 5.55. The van der Waals surface area contributed by atoms with E-state index in [2.05, 4.69) is 5.32 Å². The van der Waals surface area contributed by atoms with Gasteiger partial charge in [-0.3, -0.25) is 4.79 Å². The molecule has 1 atom stereocenters. The first kappa shape index (κ1) is 14.6. The van der Waals surface area contributed by atoms with E-state index in [0.717, 1.165) is 12.0 Å². The lowest BCUT2D eigenvalue weighted by atomic mass is 10.2. The van der Waals surface area contributed by atoms with Crippen molar-refractivity contribution in [2.75, 3.05) is 19.6 Å². The molecule has 0 aromatic heterocycles. The standard InChI is InChI=1S/C13H17Cl2N3O/c14-10-3-9(4-11(15)5-10)8-18-2-1-12(6-16)17-7-13(18)19/h3-5,12,17H,1-2,6-8,16H2/t12-/m0/s1. The lowest BCUT2D eigenvalue weighted by Crippen LogP contribution is -2.38. The Kier molecular flexibility index (Phi) is 5.05. The number of hydrogen-bond donors (Lipinski definition) is 2. The van der Waals surface area contributed by atoms with E-state index in [9.17, 15) is 4.79 Å². The van der Waals surface area contributed by atoms with Crippen molar-refractivity contribution in [1.82, 2.24) is 10.2 Å². The third kappa shape index (κ3) is 4.08. The van der Waals surface area contributed by atoms with Crippen LogP contribution in [0.2, 0.25) is 10.0 Å². The van der Waals surface area contributed by atoms with Gasteiger partial charge in [-0.25, -0.2) is 0 Å². The monoisotopic (exact) mass is 301 g/mol. The normalized spacial score (nSPS) is 20.5. The summed E-state index contributed by atoms with van der Waals surface area (Å²) in [4.78, 5) is 13.8. The van der Waals surface area contributed by atoms with E-state index in [0.29, 0.717) is 36.2 Å². The van der Waals surface area contributed by atoms with Gasteiger partial charge in [0, 0.05) is 35.7 Å². The van der Waals surface area contributed by atoms with Gasteiger partial charge >= 0.3 is 0 Å². The molecular weight excluding hydrogens is 285 g/mol. The van der Waals surface area contributed by atoms with E-state index in [4.69, 9.17) is 28.9 Å². The molecule has 1 heterocycles. The number of nitrogens with one attached hydrogen (secondary N) is 1. The zero-order valence-corrected chi connectivity index (χ0v) is 12.0. The maximum absolute atomic E-state index is 12.0. The number of carbonyl (C=O) groups is 1. The highest BCUT2D eigenvalue weighted by Gasteiger charge is 2.21.